The minimum Gasteiger partial charge on any atom is -0.444 e. The van der Waals surface area contributed by atoms with Gasteiger partial charge < -0.3 is 20.1 Å². The second kappa shape index (κ2) is 7.11. The summed E-state index contributed by atoms with van der Waals surface area (Å²) in [4.78, 5) is 11.9. The molecule has 0 spiro atoms. The standard InChI is InChI=1S/C15H26N4O3/c1-5-21-12-8-11(18-14(20)22-15(2,3)4)13(12)16-9-10-6-7-17-19-10/h6-7,11-13,16H,5,8-9H2,1-4H3,(H,17,19)(H,18,20). The van der Waals surface area contributed by atoms with Crippen molar-refractivity contribution >= 4 is 6.09 Å². The molecule has 7 nitrogen and oxygen atoms in total. The molecule has 1 aliphatic carbocycles. The Balaban J connectivity index is 1.85. The van der Waals surface area contributed by atoms with Gasteiger partial charge in [-0.15, -0.1) is 0 Å². The first kappa shape index (κ1) is 16.8. The molecule has 1 aliphatic rings. The number of nitrogens with one attached hydrogen (secondary N) is 3. The summed E-state index contributed by atoms with van der Waals surface area (Å²) in [6.45, 7) is 8.84. The quantitative estimate of drug-likeness (QED) is 0.742. The number of carbonyl (C=O) groups is 1. The van der Waals surface area contributed by atoms with E-state index in [1.54, 1.807) is 6.20 Å². The molecule has 1 aromatic heterocycles. The van der Waals surface area contributed by atoms with Gasteiger partial charge in [0.2, 0.25) is 0 Å². The fourth-order valence-electron chi connectivity index (χ4n) is 2.48. The number of hydrogen-bond donors (Lipinski definition) is 3. The second-order valence-corrected chi connectivity index (χ2v) is 6.47. The smallest absolute Gasteiger partial charge is 0.407 e. The van der Waals surface area contributed by atoms with E-state index in [9.17, 15) is 4.79 Å². The van der Waals surface area contributed by atoms with Crippen molar-refractivity contribution in [3.63, 3.8) is 0 Å². The summed E-state index contributed by atoms with van der Waals surface area (Å²) in [7, 11) is 0. The van der Waals surface area contributed by atoms with Gasteiger partial charge in [-0.05, 0) is 40.2 Å². The van der Waals surface area contributed by atoms with E-state index in [-0.39, 0.29) is 24.3 Å². The number of carbonyl (C=O) groups excluding carboxylic acids is 1. The molecular weight excluding hydrogens is 284 g/mol. The molecule has 1 aromatic rings. The van der Waals surface area contributed by atoms with Crippen LogP contribution in [0.3, 0.4) is 0 Å². The molecule has 1 fully saturated rings. The second-order valence-electron chi connectivity index (χ2n) is 6.47. The molecule has 0 radical (unpaired) electrons. The Morgan fingerprint density at radius 1 is 1.50 bits per heavy atom. The minimum absolute atomic E-state index is 0.00863. The van der Waals surface area contributed by atoms with Crippen molar-refractivity contribution in [3.8, 4) is 0 Å². The van der Waals surface area contributed by atoms with Crippen molar-refractivity contribution in [2.45, 2.75) is 64.4 Å². The highest BCUT2D eigenvalue weighted by Gasteiger charge is 2.42. The first-order valence-electron chi connectivity index (χ1n) is 7.72. The molecule has 3 atom stereocenters. The molecule has 0 saturated heterocycles. The molecule has 0 aliphatic heterocycles. The molecule has 1 saturated carbocycles. The zero-order valence-electron chi connectivity index (χ0n) is 13.7. The van der Waals surface area contributed by atoms with Crippen LogP contribution < -0.4 is 10.6 Å². The highest BCUT2D eigenvalue weighted by atomic mass is 16.6. The van der Waals surface area contributed by atoms with E-state index in [2.05, 4.69) is 20.8 Å². The first-order chi connectivity index (χ1) is 10.4. The largest absolute Gasteiger partial charge is 0.444 e. The fourth-order valence-corrected chi connectivity index (χ4v) is 2.48. The molecular formula is C15H26N4O3. The van der Waals surface area contributed by atoms with E-state index in [1.807, 2.05) is 33.8 Å². The SMILES string of the molecule is CCOC1CC(NC(=O)OC(C)(C)C)C1NCc1ccn[nH]1. The summed E-state index contributed by atoms with van der Waals surface area (Å²) < 4.78 is 11.0. The van der Waals surface area contributed by atoms with Crippen LogP contribution in [-0.4, -0.2) is 46.7 Å². The number of hydrogen-bond acceptors (Lipinski definition) is 5. The topological polar surface area (TPSA) is 88.3 Å². The third kappa shape index (κ3) is 4.71. The van der Waals surface area contributed by atoms with Crippen LogP contribution in [0.15, 0.2) is 12.3 Å². The molecule has 1 heterocycles. The summed E-state index contributed by atoms with van der Waals surface area (Å²) >= 11 is 0. The molecule has 2 rings (SSSR count). The van der Waals surface area contributed by atoms with Gasteiger partial charge in [0.25, 0.3) is 0 Å². The Hall–Kier alpha value is -1.60. The number of ether oxygens (including phenoxy) is 2. The van der Waals surface area contributed by atoms with Gasteiger partial charge in [0.15, 0.2) is 0 Å². The van der Waals surface area contributed by atoms with Crippen molar-refractivity contribution < 1.29 is 14.3 Å². The molecule has 0 aromatic carbocycles. The van der Waals surface area contributed by atoms with E-state index in [0.717, 1.165) is 12.1 Å². The number of aromatic amines is 1. The third-order valence-corrected chi connectivity index (χ3v) is 3.49. The minimum atomic E-state index is -0.494. The summed E-state index contributed by atoms with van der Waals surface area (Å²) in [6.07, 6.45) is 2.22. The Morgan fingerprint density at radius 2 is 2.27 bits per heavy atom. The van der Waals surface area contributed by atoms with Crippen LogP contribution in [0.4, 0.5) is 4.79 Å². The van der Waals surface area contributed by atoms with Crippen LogP contribution in [0.5, 0.6) is 0 Å². The molecule has 7 heteroatoms. The molecule has 3 unspecified atom stereocenters. The van der Waals surface area contributed by atoms with Crippen LogP contribution in [0.1, 0.15) is 39.8 Å². The molecule has 0 bridgehead atoms. The lowest BCUT2D eigenvalue weighted by Gasteiger charge is -2.44. The van der Waals surface area contributed by atoms with Gasteiger partial charge in [-0.25, -0.2) is 4.79 Å². The number of aromatic nitrogens is 2. The van der Waals surface area contributed by atoms with Crippen molar-refractivity contribution in [3.05, 3.63) is 18.0 Å². The number of rotatable bonds is 6. The Kier molecular flexibility index (Phi) is 5.42. The third-order valence-electron chi connectivity index (χ3n) is 3.49. The van der Waals surface area contributed by atoms with E-state index in [1.165, 1.54) is 0 Å². The molecule has 124 valence electrons. The molecule has 3 N–H and O–H groups in total. The van der Waals surface area contributed by atoms with Crippen molar-refractivity contribution in [2.75, 3.05) is 6.61 Å². The maximum absolute atomic E-state index is 11.9. The fraction of sp³-hybridized carbons (Fsp3) is 0.733. The lowest BCUT2D eigenvalue weighted by atomic mass is 9.82. The summed E-state index contributed by atoms with van der Waals surface area (Å²) in [6, 6.07) is 1.99. The maximum Gasteiger partial charge on any atom is 0.407 e. The van der Waals surface area contributed by atoms with Gasteiger partial charge in [0.05, 0.1) is 18.2 Å². The zero-order chi connectivity index (χ0) is 16.2. The van der Waals surface area contributed by atoms with Gasteiger partial charge in [-0.2, -0.15) is 5.10 Å². The van der Waals surface area contributed by atoms with Crippen LogP contribution in [0, 0.1) is 0 Å². The molecule has 22 heavy (non-hydrogen) atoms. The molecule has 1 amide bonds. The summed E-state index contributed by atoms with van der Waals surface area (Å²) in [5.74, 6) is 0. The predicted molar refractivity (Wildman–Crippen MR) is 82.4 cm³/mol. The van der Waals surface area contributed by atoms with Crippen LogP contribution in [0.2, 0.25) is 0 Å². The highest BCUT2D eigenvalue weighted by Crippen LogP contribution is 2.25. The van der Waals surface area contributed by atoms with Gasteiger partial charge in [-0.1, -0.05) is 0 Å². The number of amides is 1. The van der Waals surface area contributed by atoms with Crippen LogP contribution in [-0.2, 0) is 16.0 Å². The van der Waals surface area contributed by atoms with E-state index < -0.39 is 5.60 Å². The van der Waals surface area contributed by atoms with Crippen molar-refractivity contribution in [1.29, 1.82) is 0 Å². The van der Waals surface area contributed by atoms with Gasteiger partial charge in [0.1, 0.15) is 5.60 Å². The Labute approximate surface area is 131 Å². The normalized spacial score (nSPS) is 24.6. The lowest BCUT2D eigenvalue weighted by Crippen LogP contribution is -2.66. The van der Waals surface area contributed by atoms with E-state index in [4.69, 9.17) is 9.47 Å². The number of alkyl carbamates (subject to hydrolysis) is 1. The Bertz CT molecular complexity index is 470. The van der Waals surface area contributed by atoms with E-state index >= 15 is 0 Å². The highest BCUT2D eigenvalue weighted by molar-refractivity contribution is 5.68. The number of H-pyrrole nitrogens is 1. The lowest BCUT2D eigenvalue weighted by molar-refractivity contribution is -0.0439. The maximum atomic E-state index is 11.9. The Morgan fingerprint density at radius 3 is 2.86 bits per heavy atom. The van der Waals surface area contributed by atoms with Gasteiger partial charge in [-0.3, -0.25) is 5.10 Å². The van der Waals surface area contributed by atoms with Crippen molar-refractivity contribution in [2.24, 2.45) is 0 Å². The zero-order valence-corrected chi connectivity index (χ0v) is 13.7. The average molecular weight is 310 g/mol. The first-order valence-corrected chi connectivity index (χ1v) is 7.72. The van der Waals surface area contributed by atoms with Crippen LogP contribution >= 0.6 is 0 Å². The van der Waals surface area contributed by atoms with E-state index in [0.29, 0.717) is 13.2 Å². The van der Waals surface area contributed by atoms with Crippen LogP contribution in [0.25, 0.3) is 0 Å². The van der Waals surface area contributed by atoms with Crippen molar-refractivity contribution in [1.82, 2.24) is 20.8 Å². The monoisotopic (exact) mass is 310 g/mol. The summed E-state index contributed by atoms with van der Waals surface area (Å²) in [5, 5.41) is 13.2. The number of nitrogens with zero attached hydrogens (tertiary/aromatic N) is 1. The summed E-state index contributed by atoms with van der Waals surface area (Å²) in [5.41, 5.74) is 0.504. The predicted octanol–water partition coefficient (Wildman–Crippen LogP) is 1.57. The average Bonchev–Trinajstić information content (AvgIpc) is 2.88. The van der Waals surface area contributed by atoms with Gasteiger partial charge in [0, 0.05) is 25.0 Å². The van der Waals surface area contributed by atoms with Gasteiger partial charge >= 0.3 is 6.09 Å².